The van der Waals surface area contributed by atoms with Gasteiger partial charge in [0.25, 0.3) is 0 Å². The minimum atomic E-state index is 0.245. The molecular formula is C15H15N. The Morgan fingerprint density at radius 3 is 2.62 bits per heavy atom. The number of nitrogens with one attached hydrogen (secondary N) is 1. The SMILES string of the molecule is C#CCC(NC)c1ccc2ccccc2c1. The molecule has 2 aromatic carbocycles. The van der Waals surface area contributed by atoms with Gasteiger partial charge in [-0.25, -0.2) is 0 Å². The third kappa shape index (κ3) is 2.08. The van der Waals surface area contributed by atoms with Crippen LogP contribution in [0.4, 0.5) is 0 Å². The van der Waals surface area contributed by atoms with E-state index in [2.05, 4.69) is 53.7 Å². The van der Waals surface area contributed by atoms with Gasteiger partial charge >= 0.3 is 0 Å². The van der Waals surface area contributed by atoms with Crippen molar-refractivity contribution in [3.05, 3.63) is 48.0 Å². The molecule has 0 radical (unpaired) electrons. The third-order valence-electron chi connectivity index (χ3n) is 2.85. The summed E-state index contributed by atoms with van der Waals surface area (Å²) >= 11 is 0. The van der Waals surface area contributed by atoms with Crippen LogP contribution >= 0.6 is 0 Å². The minimum absolute atomic E-state index is 0.245. The second-order valence-corrected chi connectivity index (χ2v) is 3.86. The van der Waals surface area contributed by atoms with Gasteiger partial charge in [-0.05, 0) is 29.4 Å². The standard InChI is InChI=1S/C15H15N/c1-3-6-15(16-2)14-10-9-12-7-4-5-8-13(12)11-14/h1,4-5,7-11,15-16H,6H2,2H3. The molecule has 2 rings (SSSR count). The number of hydrogen-bond donors (Lipinski definition) is 1. The Balaban J connectivity index is 2.42. The van der Waals surface area contributed by atoms with Gasteiger partial charge in [-0.1, -0.05) is 36.4 Å². The van der Waals surface area contributed by atoms with Gasteiger partial charge in [0, 0.05) is 12.5 Å². The molecule has 0 spiro atoms. The van der Waals surface area contributed by atoms with Gasteiger partial charge in [-0.15, -0.1) is 12.3 Å². The van der Waals surface area contributed by atoms with Crippen LogP contribution in [0.15, 0.2) is 42.5 Å². The van der Waals surface area contributed by atoms with Gasteiger partial charge < -0.3 is 5.32 Å². The first-order valence-corrected chi connectivity index (χ1v) is 5.44. The van der Waals surface area contributed by atoms with Crippen molar-refractivity contribution >= 4 is 10.8 Å². The van der Waals surface area contributed by atoms with Crippen molar-refractivity contribution in [2.75, 3.05) is 7.05 Å². The van der Waals surface area contributed by atoms with E-state index in [-0.39, 0.29) is 6.04 Å². The summed E-state index contributed by atoms with van der Waals surface area (Å²) in [7, 11) is 1.94. The lowest BCUT2D eigenvalue weighted by molar-refractivity contribution is 0.612. The van der Waals surface area contributed by atoms with E-state index < -0.39 is 0 Å². The van der Waals surface area contributed by atoms with Crippen molar-refractivity contribution in [3.63, 3.8) is 0 Å². The maximum absolute atomic E-state index is 5.36. The lowest BCUT2D eigenvalue weighted by Gasteiger charge is -2.14. The number of fused-ring (bicyclic) bond motifs is 1. The molecule has 0 aliphatic heterocycles. The van der Waals surface area contributed by atoms with Crippen LogP contribution in [0.1, 0.15) is 18.0 Å². The molecule has 0 aromatic heterocycles. The van der Waals surface area contributed by atoms with Crippen molar-refractivity contribution in [2.24, 2.45) is 0 Å². The van der Waals surface area contributed by atoms with Crippen molar-refractivity contribution in [2.45, 2.75) is 12.5 Å². The van der Waals surface area contributed by atoms with E-state index >= 15 is 0 Å². The van der Waals surface area contributed by atoms with Crippen LogP contribution in [0.3, 0.4) is 0 Å². The highest BCUT2D eigenvalue weighted by atomic mass is 14.9. The first kappa shape index (κ1) is 10.7. The highest BCUT2D eigenvalue weighted by molar-refractivity contribution is 5.83. The number of hydrogen-bond acceptors (Lipinski definition) is 1. The summed E-state index contributed by atoms with van der Waals surface area (Å²) in [5.74, 6) is 2.70. The third-order valence-corrected chi connectivity index (χ3v) is 2.85. The maximum atomic E-state index is 5.36. The topological polar surface area (TPSA) is 12.0 Å². The molecule has 0 saturated carbocycles. The number of benzene rings is 2. The Hall–Kier alpha value is -1.78. The molecule has 1 heteroatoms. The summed E-state index contributed by atoms with van der Waals surface area (Å²) in [6, 6.07) is 15.1. The van der Waals surface area contributed by atoms with E-state index in [0.717, 1.165) is 6.42 Å². The van der Waals surface area contributed by atoms with Gasteiger partial charge in [-0.3, -0.25) is 0 Å². The average Bonchev–Trinajstić information content (AvgIpc) is 2.35. The molecule has 0 saturated heterocycles. The van der Waals surface area contributed by atoms with Crippen LogP contribution in [0, 0.1) is 12.3 Å². The molecule has 0 heterocycles. The quantitative estimate of drug-likeness (QED) is 0.766. The second kappa shape index (κ2) is 4.83. The second-order valence-electron chi connectivity index (χ2n) is 3.86. The van der Waals surface area contributed by atoms with Crippen LogP contribution in [-0.2, 0) is 0 Å². The molecule has 1 atom stereocenters. The smallest absolute Gasteiger partial charge is 0.0428 e. The van der Waals surface area contributed by atoms with Gasteiger partial charge in [0.1, 0.15) is 0 Å². The zero-order chi connectivity index (χ0) is 11.4. The zero-order valence-electron chi connectivity index (χ0n) is 9.40. The van der Waals surface area contributed by atoms with Gasteiger partial charge in [-0.2, -0.15) is 0 Å². The molecule has 16 heavy (non-hydrogen) atoms. The number of rotatable bonds is 3. The van der Waals surface area contributed by atoms with Crippen molar-refractivity contribution in [3.8, 4) is 12.3 Å². The summed E-state index contributed by atoms with van der Waals surface area (Å²) in [4.78, 5) is 0. The normalized spacial score (nSPS) is 12.2. The lowest BCUT2D eigenvalue weighted by atomic mass is 10.0. The van der Waals surface area contributed by atoms with Gasteiger partial charge in [0.05, 0.1) is 0 Å². The van der Waals surface area contributed by atoms with Crippen LogP contribution in [0.2, 0.25) is 0 Å². The van der Waals surface area contributed by atoms with E-state index in [1.54, 1.807) is 0 Å². The summed E-state index contributed by atoms with van der Waals surface area (Å²) in [5.41, 5.74) is 1.25. The number of terminal acetylenes is 1. The average molecular weight is 209 g/mol. The maximum Gasteiger partial charge on any atom is 0.0428 e. The minimum Gasteiger partial charge on any atom is -0.312 e. The monoisotopic (exact) mass is 209 g/mol. The molecule has 2 aromatic rings. The predicted molar refractivity (Wildman–Crippen MR) is 69.2 cm³/mol. The highest BCUT2D eigenvalue weighted by Crippen LogP contribution is 2.21. The summed E-state index contributed by atoms with van der Waals surface area (Å²) < 4.78 is 0. The Kier molecular flexibility index (Phi) is 3.24. The lowest BCUT2D eigenvalue weighted by Crippen LogP contribution is -2.15. The Morgan fingerprint density at radius 2 is 1.94 bits per heavy atom. The molecule has 0 aliphatic rings. The van der Waals surface area contributed by atoms with E-state index in [1.807, 2.05) is 7.05 Å². The van der Waals surface area contributed by atoms with E-state index in [4.69, 9.17) is 6.42 Å². The molecular weight excluding hydrogens is 194 g/mol. The predicted octanol–water partition coefficient (Wildman–Crippen LogP) is 3.12. The fourth-order valence-corrected chi connectivity index (χ4v) is 1.93. The van der Waals surface area contributed by atoms with Gasteiger partial charge in [0.2, 0.25) is 0 Å². The summed E-state index contributed by atoms with van der Waals surface area (Å²) in [6.45, 7) is 0. The first-order chi connectivity index (χ1) is 7.85. The van der Waals surface area contributed by atoms with E-state index in [0.29, 0.717) is 0 Å². The van der Waals surface area contributed by atoms with E-state index in [1.165, 1.54) is 16.3 Å². The molecule has 0 bridgehead atoms. The first-order valence-electron chi connectivity index (χ1n) is 5.44. The van der Waals surface area contributed by atoms with Crippen molar-refractivity contribution in [1.82, 2.24) is 5.32 Å². The summed E-state index contributed by atoms with van der Waals surface area (Å²) in [6.07, 6.45) is 6.08. The van der Waals surface area contributed by atoms with Crippen LogP contribution < -0.4 is 5.32 Å². The summed E-state index contributed by atoms with van der Waals surface area (Å²) in [5, 5.41) is 5.77. The molecule has 0 fully saturated rings. The zero-order valence-corrected chi connectivity index (χ0v) is 9.40. The molecule has 0 amide bonds. The highest BCUT2D eigenvalue weighted by Gasteiger charge is 2.07. The van der Waals surface area contributed by atoms with E-state index in [9.17, 15) is 0 Å². The van der Waals surface area contributed by atoms with Crippen LogP contribution in [-0.4, -0.2) is 7.05 Å². The van der Waals surface area contributed by atoms with Gasteiger partial charge in [0.15, 0.2) is 0 Å². The fourth-order valence-electron chi connectivity index (χ4n) is 1.93. The molecule has 1 N–H and O–H groups in total. The Morgan fingerprint density at radius 1 is 1.19 bits per heavy atom. The van der Waals surface area contributed by atoms with Crippen LogP contribution in [0.5, 0.6) is 0 Å². The van der Waals surface area contributed by atoms with Crippen molar-refractivity contribution in [1.29, 1.82) is 0 Å². The Bertz CT molecular complexity index is 522. The molecule has 1 nitrogen and oxygen atoms in total. The Labute approximate surface area is 96.5 Å². The molecule has 80 valence electrons. The van der Waals surface area contributed by atoms with Crippen LogP contribution in [0.25, 0.3) is 10.8 Å². The molecule has 1 unspecified atom stereocenters. The fraction of sp³-hybridized carbons (Fsp3) is 0.200. The van der Waals surface area contributed by atoms with Crippen molar-refractivity contribution < 1.29 is 0 Å². The largest absolute Gasteiger partial charge is 0.312 e. The molecule has 0 aliphatic carbocycles.